The molecular formula is C28H33ClN2O3. The Hall–Kier alpha value is -2.89. The quantitative estimate of drug-likeness (QED) is 0.423. The highest BCUT2D eigenvalue weighted by Gasteiger charge is 2.29. The topological polar surface area (TPSA) is 34.2 Å². The van der Waals surface area contributed by atoms with E-state index in [-0.39, 0.29) is 12.4 Å². The summed E-state index contributed by atoms with van der Waals surface area (Å²) in [4.78, 5) is 5.12. The lowest BCUT2D eigenvalue weighted by Gasteiger charge is -2.32. The van der Waals surface area contributed by atoms with Crippen molar-refractivity contribution in [2.24, 2.45) is 0 Å². The number of para-hydroxylation sites is 3. The van der Waals surface area contributed by atoms with Crippen LogP contribution in [-0.2, 0) is 13.0 Å². The molecule has 5 nitrogen and oxygen atoms in total. The van der Waals surface area contributed by atoms with Crippen LogP contribution in [0.4, 0.5) is 11.4 Å². The zero-order valence-electron chi connectivity index (χ0n) is 19.9. The minimum Gasteiger partial charge on any atom is -0.493 e. The monoisotopic (exact) mass is 480 g/mol. The first-order valence-electron chi connectivity index (χ1n) is 11.8. The summed E-state index contributed by atoms with van der Waals surface area (Å²) in [6.07, 6.45) is 3.45. The summed E-state index contributed by atoms with van der Waals surface area (Å²) in [5.41, 5.74) is 4.93. The van der Waals surface area contributed by atoms with Gasteiger partial charge in [-0.3, -0.25) is 4.90 Å². The summed E-state index contributed by atoms with van der Waals surface area (Å²) in [6.45, 7) is 3.75. The van der Waals surface area contributed by atoms with Crippen LogP contribution < -0.4 is 19.1 Å². The van der Waals surface area contributed by atoms with Gasteiger partial charge in [0.2, 0.25) is 0 Å². The van der Waals surface area contributed by atoms with Crippen molar-refractivity contribution < 1.29 is 14.2 Å². The molecule has 1 saturated heterocycles. The summed E-state index contributed by atoms with van der Waals surface area (Å²) in [7, 11) is 3.37. The van der Waals surface area contributed by atoms with Crippen LogP contribution in [0.15, 0.2) is 66.7 Å². The van der Waals surface area contributed by atoms with Gasteiger partial charge in [-0.25, -0.2) is 0 Å². The predicted molar refractivity (Wildman–Crippen MR) is 139 cm³/mol. The molecule has 0 saturated carbocycles. The van der Waals surface area contributed by atoms with Crippen molar-refractivity contribution >= 4 is 23.8 Å². The lowest BCUT2D eigenvalue weighted by molar-refractivity contribution is 0.261. The molecule has 5 rings (SSSR count). The molecule has 0 radical (unpaired) electrons. The van der Waals surface area contributed by atoms with E-state index in [2.05, 4.69) is 70.5 Å². The molecule has 0 N–H and O–H groups in total. The minimum absolute atomic E-state index is 0. The Balaban J connectivity index is 0.00000274. The SMILES string of the molecule is COc1ccc(CCN2CCC[C@@H]2CN2c3ccccc3COc3ccccc32)cc1OC.Cl. The van der Waals surface area contributed by atoms with Crippen LogP contribution in [0.2, 0.25) is 0 Å². The molecule has 0 aliphatic carbocycles. The van der Waals surface area contributed by atoms with Crippen LogP contribution in [0.1, 0.15) is 24.0 Å². The van der Waals surface area contributed by atoms with Crippen LogP contribution in [0.5, 0.6) is 17.2 Å². The van der Waals surface area contributed by atoms with Crippen molar-refractivity contribution in [2.45, 2.75) is 31.9 Å². The Morgan fingerprint density at radius 1 is 0.912 bits per heavy atom. The number of benzene rings is 3. The fraction of sp³-hybridized carbons (Fsp3) is 0.357. The molecule has 3 aromatic rings. The molecule has 3 aromatic carbocycles. The second kappa shape index (κ2) is 11.0. The van der Waals surface area contributed by atoms with Gasteiger partial charge in [0, 0.05) is 30.4 Å². The molecule has 1 atom stereocenters. The maximum Gasteiger partial charge on any atom is 0.160 e. The van der Waals surface area contributed by atoms with Gasteiger partial charge < -0.3 is 19.1 Å². The zero-order chi connectivity index (χ0) is 22.6. The van der Waals surface area contributed by atoms with Gasteiger partial charge >= 0.3 is 0 Å². The van der Waals surface area contributed by atoms with Crippen LogP contribution >= 0.6 is 12.4 Å². The van der Waals surface area contributed by atoms with Crippen LogP contribution in [-0.4, -0.2) is 44.8 Å². The molecule has 2 heterocycles. The standard InChI is InChI=1S/C28H32N2O3.ClH/c1-31-27-14-13-21(18-28(27)32-2)15-17-29-16-7-9-23(29)19-30-24-10-4-3-8-22(24)20-33-26-12-6-5-11-25(26)30;/h3-6,8,10-14,18,23H,7,9,15-17,19-20H2,1-2H3;1H/t23-;/m1./s1. The third-order valence-electron chi connectivity index (χ3n) is 6.85. The number of halogens is 1. The Bertz CT molecular complexity index is 1060. The normalized spacial score (nSPS) is 17.1. The number of rotatable bonds is 7. The van der Waals surface area contributed by atoms with Crippen molar-refractivity contribution in [3.63, 3.8) is 0 Å². The Morgan fingerprint density at radius 2 is 1.68 bits per heavy atom. The number of fused-ring (bicyclic) bond motifs is 2. The average molecular weight is 481 g/mol. The first-order chi connectivity index (χ1) is 16.3. The number of methoxy groups -OCH3 is 2. The lowest BCUT2D eigenvalue weighted by atomic mass is 10.1. The van der Waals surface area contributed by atoms with Gasteiger partial charge in [-0.1, -0.05) is 36.4 Å². The van der Waals surface area contributed by atoms with Crippen LogP contribution in [0.3, 0.4) is 0 Å². The number of hydrogen-bond donors (Lipinski definition) is 0. The van der Waals surface area contributed by atoms with E-state index in [1.807, 2.05) is 6.07 Å². The molecular weight excluding hydrogens is 448 g/mol. The van der Waals surface area contributed by atoms with E-state index in [1.165, 1.54) is 29.7 Å². The van der Waals surface area contributed by atoms with E-state index in [9.17, 15) is 0 Å². The molecule has 1 fully saturated rings. The van der Waals surface area contributed by atoms with E-state index in [0.717, 1.165) is 49.0 Å². The smallest absolute Gasteiger partial charge is 0.160 e. The van der Waals surface area contributed by atoms with E-state index < -0.39 is 0 Å². The van der Waals surface area contributed by atoms with Gasteiger partial charge in [-0.2, -0.15) is 0 Å². The van der Waals surface area contributed by atoms with Crippen LogP contribution in [0, 0.1) is 0 Å². The molecule has 180 valence electrons. The molecule has 6 heteroatoms. The fourth-order valence-corrected chi connectivity index (χ4v) is 5.10. The summed E-state index contributed by atoms with van der Waals surface area (Å²) < 4.78 is 17.0. The second-order valence-corrected chi connectivity index (χ2v) is 8.77. The maximum absolute atomic E-state index is 6.17. The van der Waals surface area contributed by atoms with Gasteiger partial charge in [0.1, 0.15) is 12.4 Å². The summed E-state index contributed by atoms with van der Waals surface area (Å²) in [5.74, 6) is 2.54. The average Bonchev–Trinajstić information content (AvgIpc) is 3.25. The fourth-order valence-electron chi connectivity index (χ4n) is 5.10. The van der Waals surface area contributed by atoms with E-state index >= 15 is 0 Å². The van der Waals surface area contributed by atoms with Gasteiger partial charge in [0.05, 0.1) is 19.9 Å². The van der Waals surface area contributed by atoms with Crippen molar-refractivity contribution in [3.05, 3.63) is 77.9 Å². The molecule has 0 aromatic heterocycles. The molecule has 0 bridgehead atoms. The third-order valence-corrected chi connectivity index (χ3v) is 6.85. The highest BCUT2D eigenvalue weighted by atomic mass is 35.5. The van der Waals surface area contributed by atoms with Crippen molar-refractivity contribution in [3.8, 4) is 17.2 Å². The van der Waals surface area contributed by atoms with Gasteiger partial charge in [0.25, 0.3) is 0 Å². The molecule has 34 heavy (non-hydrogen) atoms. The highest BCUT2D eigenvalue weighted by molar-refractivity contribution is 5.85. The largest absolute Gasteiger partial charge is 0.493 e. The Morgan fingerprint density at radius 3 is 2.50 bits per heavy atom. The van der Waals surface area contributed by atoms with Crippen molar-refractivity contribution in [1.82, 2.24) is 4.90 Å². The molecule has 2 aliphatic rings. The Kier molecular flexibility index (Phi) is 7.86. The van der Waals surface area contributed by atoms with E-state index in [1.54, 1.807) is 14.2 Å². The second-order valence-electron chi connectivity index (χ2n) is 8.77. The lowest BCUT2D eigenvalue weighted by Crippen LogP contribution is -2.39. The zero-order valence-corrected chi connectivity index (χ0v) is 20.7. The number of likely N-dealkylation sites (tertiary alicyclic amines) is 1. The van der Waals surface area contributed by atoms with Crippen molar-refractivity contribution in [1.29, 1.82) is 0 Å². The summed E-state index contributed by atoms with van der Waals surface area (Å²) >= 11 is 0. The number of nitrogens with zero attached hydrogens (tertiary/aromatic N) is 2. The van der Waals surface area contributed by atoms with E-state index in [0.29, 0.717) is 12.6 Å². The predicted octanol–water partition coefficient (Wildman–Crippen LogP) is 5.86. The first kappa shape index (κ1) is 24.2. The van der Waals surface area contributed by atoms with Gasteiger partial charge in [-0.15, -0.1) is 12.4 Å². The maximum atomic E-state index is 6.17. The molecule has 0 unspecified atom stereocenters. The van der Waals surface area contributed by atoms with Crippen molar-refractivity contribution in [2.75, 3.05) is 38.8 Å². The third kappa shape index (κ3) is 4.96. The summed E-state index contributed by atoms with van der Waals surface area (Å²) in [5, 5.41) is 0. The van der Waals surface area contributed by atoms with Crippen LogP contribution in [0.25, 0.3) is 0 Å². The molecule has 0 amide bonds. The molecule has 2 aliphatic heterocycles. The molecule has 0 spiro atoms. The first-order valence-corrected chi connectivity index (χ1v) is 11.8. The highest BCUT2D eigenvalue weighted by Crippen LogP contribution is 2.40. The van der Waals surface area contributed by atoms with Gasteiger partial charge in [0.15, 0.2) is 11.5 Å². The van der Waals surface area contributed by atoms with E-state index in [4.69, 9.17) is 14.2 Å². The number of ether oxygens (including phenoxy) is 3. The number of hydrogen-bond acceptors (Lipinski definition) is 5. The summed E-state index contributed by atoms with van der Waals surface area (Å²) in [6, 6.07) is 23.8. The van der Waals surface area contributed by atoms with Gasteiger partial charge in [-0.05, 0) is 61.7 Å². The Labute approximate surface area is 208 Å². The number of anilines is 2. The minimum atomic E-state index is 0.